The Morgan fingerprint density at radius 3 is 1.70 bits per heavy atom. The van der Waals surface area contributed by atoms with Gasteiger partial charge in [0.05, 0.1) is 13.1 Å². The molecule has 0 saturated carbocycles. The molecule has 0 N–H and O–H groups in total. The van der Waals surface area contributed by atoms with Gasteiger partial charge in [0.2, 0.25) is 0 Å². The SMILES string of the molecule is CC(=O)O[C@@H]1[C@@H](OC(C)=O)[C@@H](CN=[N+]=[N-])OCO[C@@H]1CN=[N+]=[N-]. The predicted octanol–water partition coefficient (Wildman–Crippen LogP) is 1.21. The van der Waals surface area contributed by atoms with E-state index in [9.17, 15) is 9.59 Å². The topological polar surface area (TPSA) is 169 Å². The maximum Gasteiger partial charge on any atom is 0.303 e. The summed E-state index contributed by atoms with van der Waals surface area (Å²) in [6.45, 7) is 1.77. The highest BCUT2D eigenvalue weighted by Crippen LogP contribution is 2.23. The number of carbonyl (C=O) groups is 2. The molecule has 4 atom stereocenters. The Kier molecular flexibility index (Phi) is 7.64. The maximum absolute atomic E-state index is 11.4. The van der Waals surface area contributed by atoms with Crippen molar-refractivity contribution in [3.05, 3.63) is 20.9 Å². The van der Waals surface area contributed by atoms with Gasteiger partial charge < -0.3 is 18.9 Å². The molecule has 0 amide bonds. The van der Waals surface area contributed by atoms with Gasteiger partial charge >= 0.3 is 11.9 Å². The minimum Gasteiger partial charge on any atom is -0.456 e. The molecule has 12 heteroatoms. The molecular weight excluding hydrogens is 312 g/mol. The minimum atomic E-state index is -1.08. The highest BCUT2D eigenvalue weighted by molar-refractivity contribution is 5.67. The molecule has 1 aliphatic rings. The first kappa shape index (κ1) is 18.5. The van der Waals surface area contributed by atoms with E-state index >= 15 is 0 Å². The Morgan fingerprint density at radius 1 is 1.00 bits per heavy atom. The van der Waals surface area contributed by atoms with E-state index in [4.69, 9.17) is 30.0 Å². The molecule has 0 aromatic carbocycles. The summed E-state index contributed by atoms with van der Waals surface area (Å²) in [4.78, 5) is 27.9. The van der Waals surface area contributed by atoms with E-state index in [2.05, 4.69) is 20.1 Å². The first-order chi connectivity index (χ1) is 11.0. The van der Waals surface area contributed by atoms with Gasteiger partial charge in [-0.3, -0.25) is 9.59 Å². The van der Waals surface area contributed by atoms with Crippen molar-refractivity contribution in [3.63, 3.8) is 0 Å². The van der Waals surface area contributed by atoms with Gasteiger partial charge in [0.1, 0.15) is 19.0 Å². The van der Waals surface area contributed by atoms with Crippen LogP contribution in [0.15, 0.2) is 10.2 Å². The fourth-order valence-electron chi connectivity index (χ4n) is 2.04. The van der Waals surface area contributed by atoms with Gasteiger partial charge in [-0.25, -0.2) is 0 Å². The van der Waals surface area contributed by atoms with Crippen molar-refractivity contribution in [2.45, 2.75) is 38.3 Å². The average molecular weight is 328 g/mol. The zero-order valence-corrected chi connectivity index (χ0v) is 12.6. The van der Waals surface area contributed by atoms with Gasteiger partial charge in [-0.1, -0.05) is 10.2 Å². The van der Waals surface area contributed by atoms with Crippen molar-refractivity contribution >= 4 is 11.9 Å². The fourth-order valence-corrected chi connectivity index (χ4v) is 2.04. The lowest BCUT2D eigenvalue weighted by atomic mass is 10.0. The van der Waals surface area contributed by atoms with Gasteiger partial charge in [-0.15, -0.1) is 0 Å². The smallest absolute Gasteiger partial charge is 0.303 e. The lowest BCUT2D eigenvalue weighted by molar-refractivity contribution is -0.176. The summed E-state index contributed by atoms with van der Waals surface area (Å²) in [6, 6.07) is 0. The van der Waals surface area contributed by atoms with Gasteiger partial charge in [-0.05, 0) is 11.1 Å². The number of carbonyl (C=O) groups excluding carboxylic acids is 2. The Hall–Kier alpha value is -2.52. The second kappa shape index (κ2) is 9.49. The fraction of sp³-hybridized carbons (Fsp3) is 0.818. The molecule has 23 heavy (non-hydrogen) atoms. The van der Waals surface area contributed by atoms with Crippen LogP contribution in [0.25, 0.3) is 20.9 Å². The standard InChI is InChI=1S/C11H16N6O6/c1-6(18)22-10-8(3-14-16-12)20-5-21-9(4-15-17-13)11(10)23-7(2)19/h8-11H,3-5H2,1-2H3/t8-,9-,10+,11+/m1/s1. The first-order valence-corrected chi connectivity index (χ1v) is 6.59. The molecule has 0 aromatic rings. The van der Waals surface area contributed by atoms with Gasteiger partial charge in [0, 0.05) is 23.7 Å². The molecule has 1 fully saturated rings. The van der Waals surface area contributed by atoms with Crippen molar-refractivity contribution in [3.8, 4) is 0 Å². The monoisotopic (exact) mass is 328 g/mol. The van der Waals surface area contributed by atoms with Crippen LogP contribution < -0.4 is 0 Å². The van der Waals surface area contributed by atoms with E-state index in [1.807, 2.05) is 0 Å². The lowest BCUT2D eigenvalue weighted by Crippen LogP contribution is -2.50. The van der Waals surface area contributed by atoms with Crippen LogP contribution in [0.1, 0.15) is 13.8 Å². The van der Waals surface area contributed by atoms with Gasteiger partial charge in [0.25, 0.3) is 0 Å². The van der Waals surface area contributed by atoms with Crippen molar-refractivity contribution in [2.24, 2.45) is 10.2 Å². The van der Waals surface area contributed by atoms with E-state index in [0.29, 0.717) is 0 Å². The Morgan fingerprint density at radius 2 is 1.39 bits per heavy atom. The van der Waals surface area contributed by atoms with E-state index < -0.39 is 36.4 Å². The molecule has 1 aliphatic heterocycles. The molecule has 0 aromatic heterocycles. The summed E-state index contributed by atoms with van der Waals surface area (Å²) in [5, 5.41) is 6.76. The van der Waals surface area contributed by atoms with Crippen LogP contribution in [0.4, 0.5) is 0 Å². The summed E-state index contributed by atoms with van der Waals surface area (Å²) in [6.07, 6.45) is -3.92. The molecule has 0 aliphatic carbocycles. The number of hydrogen-bond acceptors (Lipinski definition) is 8. The van der Waals surface area contributed by atoms with Crippen LogP contribution in [0, 0.1) is 0 Å². The van der Waals surface area contributed by atoms with Crippen LogP contribution in [-0.2, 0) is 28.5 Å². The zero-order chi connectivity index (χ0) is 17.2. The molecule has 0 unspecified atom stereocenters. The van der Waals surface area contributed by atoms with Crippen LogP contribution in [-0.4, -0.2) is 56.2 Å². The summed E-state index contributed by atoms with van der Waals surface area (Å²) < 4.78 is 21.0. The summed E-state index contributed by atoms with van der Waals surface area (Å²) in [5.74, 6) is -1.29. The van der Waals surface area contributed by atoms with Gasteiger partial charge in [0.15, 0.2) is 12.2 Å². The van der Waals surface area contributed by atoms with Gasteiger partial charge in [-0.2, -0.15) is 0 Å². The number of hydrogen-bond donors (Lipinski definition) is 0. The number of rotatable bonds is 6. The highest BCUT2D eigenvalue weighted by atomic mass is 16.7. The van der Waals surface area contributed by atoms with Crippen LogP contribution in [0.2, 0.25) is 0 Å². The Balaban J connectivity index is 3.13. The maximum atomic E-state index is 11.4. The van der Waals surface area contributed by atoms with Crippen LogP contribution in [0.5, 0.6) is 0 Å². The number of nitrogens with zero attached hydrogens (tertiary/aromatic N) is 6. The van der Waals surface area contributed by atoms with E-state index in [-0.39, 0.29) is 19.9 Å². The number of esters is 2. The number of ether oxygens (including phenoxy) is 4. The molecule has 126 valence electrons. The Labute approximate surface area is 130 Å². The van der Waals surface area contributed by atoms with E-state index in [0.717, 1.165) is 0 Å². The van der Waals surface area contributed by atoms with Crippen LogP contribution in [0.3, 0.4) is 0 Å². The lowest BCUT2D eigenvalue weighted by Gasteiger charge is -2.31. The van der Waals surface area contributed by atoms with Crippen LogP contribution >= 0.6 is 0 Å². The predicted molar refractivity (Wildman–Crippen MR) is 73.7 cm³/mol. The second-order valence-electron chi connectivity index (χ2n) is 4.50. The van der Waals surface area contributed by atoms with Crippen molar-refractivity contribution < 1.29 is 28.5 Å². The molecule has 1 saturated heterocycles. The number of azide groups is 2. The average Bonchev–Trinajstić information content (AvgIpc) is 2.63. The molecule has 1 heterocycles. The largest absolute Gasteiger partial charge is 0.456 e. The summed E-state index contributed by atoms with van der Waals surface area (Å²) in [7, 11) is 0. The first-order valence-electron chi connectivity index (χ1n) is 6.59. The zero-order valence-electron chi connectivity index (χ0n) is 12.6. The normalized spacial score (nSPS) is 26.9. The molecule has 0 bridgehead atoms. The third kappa shape index (κ3) is 6.01. The minimum absolute atomic E-state index is 0.163. The summed E-state index contributed by atoms with van der Waals surface area (Å²) >= 11 is 0. The molecular formula is C11H16N6O6. The third-order valence-corrected chi connectivity index (χ3v) is 2.87. The van der Waals surface area contributed by atoms with Crippen molar-refractivity contribution in [2.75, 3.05) is 19.9 Å². The van der Waals surface area contributed by atoms with E-state index in [1.54, 1.807) is 0 Å². The molecule has 0 spiro atoms. The van der Waals surface area contributed by atoms with Crippen molar-refractivity contribution in [1.29, 1.82) is 0 Å². The molecule has 1 rings (SSSR count). The quantitative estimate of drug-likeness (QED) is 0.307. The third-order valence-electron chi connectivity index (χ3n) is 2.87. The molecule has 0 radical (unpaired) electrons. The molecule has 12 nitrogen and oxygen atoms in total. The summed E-state index contributed by atoms with van der Waals surface area (Å²) in [5.41, 5.74) is 16.9. The Bertz CT molecular complexity index is 483. The highest BCUT2D eigenvalue weighted by Gasteiger charge is 2.43. The van der Waals surface area contributed by atoms with E-state index in [1.165, 1.54) is 13.8 Å². The second-order valence-corrected chi connectivity index (χ2v) is 4.50. The van der Waals surface area contributed by atoms with Crippen molar-refractivity contribution in [1.82, 2.24) is 0 Å².